The van der Waals surface area contributed by atoms with Crippen LogP contribution in [0.25, 0.3) is 0 Å². The number of hydrogen-bond acceptors (Lipinski definition) is 3. The van der Waals surface area contributed by atoms with E-state index in [1.54, 1.807) is 7.11 Å². The predicted molar refractivity (Wildman–Crippen MR) is 77.3 cm³/mol. The number of benzene rings is 1. The first-order valence-electron chi connectivity index (χ1n) is 7.10. The van der Waals surface area contributed by atoms with Gasteiger partial charge in [-0.2, -0.15) is 0 Å². The van der Waals surface area contributed by atoms with Gasteiger partial charge in [0.2, 0.25) is 0 Å². The van der Waals surface area contributed by atoms with Gasteiger partial charge in [0.25, 0.3) is 0 Å². The molecule has 1 N–H and O–H groups in total. The number of hydrogen-bond donors (Lipinski definition) is 1. The lowest BCUT2D eigenvalue weighted by molar-refractivity contribution is 0.0861. The summed E-state index contributed by atoms with van der Waals surface area (Å²) < 4.78 is 5.39. The van der Waals surface area contributed by atoms with Crippen molar-refractivity contribution in [3.05, 3.63) is 29.8 Å². The fourth-order valence-corrected chi connectivity index (χ4v) is 3.24. The molecule has 1 aromatic rings. The van der Waals surface area contributed by atoms with Gasteiger partial charge in [-0.25, -0.2) is 0 Å². The molecule has 0 bridgehead atoms. The average molecular weight is 263 g/mol. The molecule has 0 aliphatic heterocycles. The second-order valence-electron chi connectivity index (χ2n) is 5.85. The van der Waals surface area contributed by atoms with Gasteiger partial charge in [0, 0.05) is 30.7 Å². The maximum Gasteiger partial charge on any atom is 0.123 e. The van der Waals surface area contributed by atoms with E-state index in [2.05, 4.69) is 18.0 Å². The Balaban J connectivity index is 1.98. The van der Waals surface area contributed by atoms with Crippen molar-refractivity contribution >= 4 is 0 Å². The second-order valence-corrected chi connectivity index (χ2v) is 5.85. The summed E-state index contributed by atoms with van der Waals surface area (Å²) in [7, 11) is 3.84. The zero-order valence-electron chi connectivity index (χ0n) is 12.1. The van der Waals surface area contributed by atoms with Crippen molar-refractivity contribution in [1.29, 1.82) is 0 Å². The van der Waals surface area contributed by atoms with Crippen LogP contribution in [0.5, 0.6) is 5.75 Å². The maximum atomic E-state index is 9.68. The monoisotopic (exact) mass is 263 g/mol. The highest BCUT2D eigenvalue weighted by molar-refractivity contribution is 5.33. The lowest BCUT2D eigenvalue weighted by Crippen LogP contribution is -2.36. The van der Waals surface area contributed by atoms with Crippen LogP contribution in [0, 0.1) is 5.41 Å². The first-order valence-corrected chi connectivity index (χ1v) is 7.10. The molecule has 0 heterocycles. The molecule has 1 aliphatic carbocycles. The third-order valence-corrected chi connectivity index (χ3v) is 4.24. The van der Waals surface area contributed by atoms with E-state index in [-0.39, 0.29) is 5.41 Å². The van der Waals surface area contributed by atoms with Crippen molar-refractivity contribution in [3.63, 3.8) is 0 Å². The number of aliphatic hydroxyl groups excluding tert-OH is 1. The second kappa shape index (κ2) is 6.40. The van der Waals surface area contributed by atoms with Gasteiger partial charge in [0.05, 0.1) is 7.11 Å². The molecule has 106 valence electrons. The summed E-state index contributed by atoms with van der Waals surface area (Å²) in [5, 5.41) is 9.68. The highest BCUT2D eigenvalue weighted by Crippen LogP contribution is 2.38. The zero-order valence-corrected chi connectivity index (χ0v) is 12.1. The van der Waals surface area contributed by atoms with Crippen LogP contribution in [0.2, 0.25) is 0 Å². The Kier molecular flexibility index (Phi) is 4.83. The van der Waals surface area contributed by atoms with Crippen LogP contribution in [0.3, 0.4) is 0 Å². The van der Waals surface area contributed by atoms with E-state index in [1.165, 1.54) is 18.4 Å². The molecule has 1 aliphatic rings. The third-order valence-electron chi connectivity index (χ3n) is 4.24. The number of methoxy groups -OCH3 is 1. The van der Waals surface area contributed by atoms with E-state index in [9.17, 15) is 5.11 Å². The highest BCUT2D eigenvalue weighted by atomic mass is 16.5. The zero-order chi connectivity index (χ0) is 13.7. The third kappa shape index (κ3) is 3.48. The molecule has 0 aromatic heterocycles. The molecular formula is C16H25NO2. The summed E-state index contributed by atoms with van der Waals surface area (Å²) in [5.74, 6) is 0.943. The Labute approximate surface area is 116 Å². The largest absolute Gasteiger partial charge is 0.496 e. The van der Waals surface area contributed by atoms with Gasteiger partial charge < -0.3 is 14.7 Å². The van der Waals surface area contributed by atoms with E-state index >= 15 is 0 Å². The standard InChI is InChI=1S/C16H25NO2/c1-17(12-16(13-18)9-5-6-10-16)11-14-7-3-4-8-15(14)19-2/h3-4,7-8,18H,5-6,9-13H2,1-2H3. The van der Waals surface area contributed by atoms with Crippen LogP contribution >= 0.6 is 0 Å². The average Bonchev–Trinajstić information content (AvgIpc) is 2.88. The predicted octanol–water partition coefficient (Wildman–Crippen LogP) is 2.68. The summed E-state index contributed by atoms with van der Waals surface area (Å²) >= 11 is 0. The molecule has 3 heteroatoms. The number of ether oxygens (including phenoxy) is 1. The summed E-state index contributed by atoms with van der Waals surface area (Å²) in [6.07, 6.45) is 4.81. The molecule has 0 atom stereocenters. The first kappa shape index (κ1) is 14.4. The lowest BCUT2D eigenvalue weighted by Gasteiger charge is -2.32. The Morgan fingerprint density at radius 1 is 1.26 bits per heavy atom. The van der Waals surface area contributed by atoms with E-state index in [0.717, 1.165) is 31.7 Å². The van der Waals surface area contributed by atoms with Crippen LogP contribution in [-0.4, -0.2) is 37.3 Å². The van der Waals surface area contributed by atoms with Crippen LogP contribution in [0.4, 0.5) is 0 Å². The summed E-state index contributed by atoms with van der Waals surface area (Å²) in [5.41, 5.74) is 1.33. The molecule has 0 amide bonds. The Hall–Kier alpha value is -1.06. The van der Waals surface area contributed by atoms with E-state index in [0.29, 0.717) is 6.61 Å². The fourth-order valence-electron chi connectivity index (χ4n) is 3.24. The van der Waals surface area contributed by atoms with Crippen LogP contribution in [-0.2, 0) is 6.54 Å². The molecule has 19 heavy (non-hydrogen) atoms. The Morgan fingerprint density at radius 2 is 1.95 bits per heavy atom. The van der Waals surface area contributed by atoms with E-state index < -0.39 is 0 Å². The molecule has 0 unspecified atom stereocenters. The van der Waals surface area contributed by atoms with Gasteiger partial charge in [-0.05, 0) is 26.0 Å². The maximum absolute atomic E-state index is 9.68. The summed E-state index contributed by atoms with van der Waals surface area (Å²) in [6.45, 7) is 2.14. The van der Waals surface area contributed by atoms with Crippen molar-refractivity contribution in [1.82, 2.24) is 4.90 Å². The number of rotatable bonds is 6. The van der Waals surface area contributed by atoms with Gasteiger partial charge >= 0.3 is 0 Å². The fraction of sp³-hybridized carbons (Fsp3) is 0.625. The molecule has 1 aromatic carbocycles. The molecule has 0 spiro atoms. The molecule has 1 fully saturated rings. The van der Waals surface area contributed by atoms with Gasteiger partial charge in [-0.3, -0.25) is 0 Å². The molecule has 0 radical (unpaired) electrons. The van der Waals surface area contributed by atoms with Gasteiger partial charge in [-0.1, -0.05) is 31.0 Å². The summed E-state index contributed by atoms with van der Waals surface area (Å²) in [6, 6.07) is 8.15. The van der Waals surface area contributed by atoms with Crippen LogP contribution in [0.1, 0.15) is 31.2 Å². The number of aliphatic hydroxyl groups is 1. The van der Waals surface area contributed by atoms with Crippen molar-refractivity contribution in [2.45, 2.75) is 32.2 Å². The minimum atomic E-state index is 0.122. The lowest BCUT2D eigenvalue weighted by atomic mass is 9.86. The van der Waals surface area contributed by atoms with Crippen LogP contribution in [0.15, 0.2) is 24.3 Å². The first-order chi connectivity index (χ1) is 9.19. The molecule has 2 rings (SSSR count). The van der Waals surface area contributed by atoms with E-state index in [1.807, 2.05) is 18.2 Å². The number of nitrogens with zero attached hydrogens (tertiary/aromatic N) is 1. The smallest absolute Gasteiger partial charge is 0.123 e. The quantitative estimate of drug-likeness (QED) is 0.856. The normalized spacial score (nSPS) is 17.9. The van der Waals surface area contributed by atoms with Crippen molar-refractivity contribution in [2.75, 3.05) is 27.3 Å². The van der Waals surface area contributed by atoms with Gasteiger partial charge in [0.1, 0.15) is 5.75 Å². The minimum absolute atomic E-state index is 0.122. The topological polar surface area (TPSA) is 32.7 Å². The minimum Gasteiger partial charge on any atom is -0.496 e. The van der Waals surface area contributed by atoms with Crippen molar-refractivity contribution in [2.24, 2.45) is 5.41 Å². The van der Waals surface area contributed by atoms with Gasteiger partial charge in [-0.15, -0.1) is 0 Å². The van der Waals surface area contributed by atoms with E-state index in [4.69, 9.17) is 4.74 Å². The number of para-hydroxylation sites is 1. The molecule has 3 nitrogen and oxygen atoms in total. The SMILES string of the molecule is COc1ccccc1CN(C)CC1(CO)CCCC1. The molecular weight excluding hydrogens is 238 g/mol. The van der Waals surface area contributed by atoms with Crippen molar-refractivity contribution < 1.29 is 9.84 Å². The highest BCUT2D eigenvalue weighted by Gasteiger charge is 2.34. The molecule has 0 saturated heterocycles. The summed E-state index contributed by atoms with van der Waals surface area (Å²) in [4.78, 5) is 2.30. The Morgan fingerprint density at radius 3 is 2.58 bits per heavy atom. The van der Waals surface area contributed by atoms with Gasteiger partial charge in [0.15, 0.2) is 0 Å². The van der Waals surface area contributed by atoms with Crippen molar-refractivity contribution in [3.8, 4) is 5.75 Å². The Bertz CT molecular complexity index is 399. The van der Waals surface area contributed by atoms with Crippen LogP contribution < -0.4 is 4.74 Å². The molecule has 1 saturated carbocycles.